The van der Waals surface area contributed by atoms with Crippen LogP contribution in [0.5, 0.6) is 0 Å². The Bertz CT molecular complexity index is 527. The van der Waals surface area contributed by atoms with Crippen LogP contribution in [0.3, 0.4) is 0 Å². The Morgan fingerprint density at radius 2 is 2.09 bits per heavy atom. The zero-order chi connectivity index (χ0) is 15.1. The zero-order valence-electron chi connectivity index (χ0n) is 13.4. The molecule has 0 bridgehead atoms. The Hall–Kier alpha value is -1.29. The van der Waals surface area contributed by atoms with Crippen molar-refractivity contribution in [2.24, 2.45) is 5.92 Å². The van der Waals surface area contributed by atoms with E-state index in [1.54, 1.807) is 6.26 Å². The predicted molar refractivity (Wildman–Crippen MR) is 84.6 cm³/mol. The van der Waals surface area contributed by atoms with E-state index >= 15 is 0 Å². The summed E-state index contributed by atoms with van der Waals surface area (Å²) < 4.78 is 5.48. The average Bonchev–Trinajstić information content (AvgIpc) is 3.02. The van der Waals surface area contributed by atoms with Crippen LogP contribution in [0.2, 0.25) is 0 Å². The molecule has 0 radical (unpaired) electrons. The van der Waals surface area contributed by atoms with Crippen LogP contribution in [0.25, 0.3) is 0 Å². The SMILES string of the molecule is CCN1CCC[C@@H]1[C@@H]1CCCN1C(=O)[C@@H]1C[C@H]1c1ccco1. The van der Waals surface area contributed by atoms with Gasteiger partial charge >= 0.3 is 0 Å². The normalized spacial score (nSPS) is 35.2. The Balaban J connectivity index is 1.44. The molecule has 3 heterocycles. The van der Waals surface area contributed by atoms with Gasteiger partial charge in [-0.3, -0.25) is 9.69 Å². The fraction of sp³-hybridized carbons (Fsp3) is 0.722. The number of likely N-dealkylation sites (tertiary alicyclic amines) is 2. The van der Waals surface area contributed by atoms with E-state index in [1.807, 2.05) is 12.1 Å². The molecule has 3 fully saturated rings. The molecule has 1 aromatic heterocycles. The van der Waals surface area contributed by atoms with Crippen molar-refractivity contribution in [3.8, 4) is 0 Å². The first kappa shape index (κ1) is 14.3. The third kappa shape index (κ3) is 2.37. The molecule has 0 aromatic carbocycles. The van der Waals surface area contributed by atoms with E-state index in [1.165, 1.54) is 32.2 Å². The van der Waals surface area contributed by atoms with Crippen molar-refractivity contribution in [1.82, 2.24) is 9.80 Å². The van der Waals surface area contributed by atoms with Gasteiger partial charge in [0.05, 0.1) is 6.26 Å². The number of rotatable bonds is 4. The number of hydrogen-bond acceptors (Lipinski definition) is 3. The number of furan rings is 1. The maximum Gasteiger partial charge on any atom is 0.226 e. The molecule has 0 N–H and O–H groups in total. The van der Waals surface area contributed by atoms with Gasteiger partial charge in [0.2, 0.25) is 5.91 Å². The van der Waals surface area contributed by atoms with Crippen molar-refractivity contribution in [1.29, 1.82) is 0 Å². The van der Waals surface area contributed by atoms with Crippen molar-refractivity contribution < 1.29 is 9.21 Å². The lowest BCUT2D eigenvalue weighted by Gasteiger charge is -2.34. The molecule has 1 amide bonds. The highest BCUT2D eigenvalue weighted by molar-refractivity contribution is 5.83. The van der Waals surface area contributed by atoms with Gasteiger partial charge in [0.25, 0.3) is 0 Å². The number of nitrogens with zero attached hydrogens (tertiary/aromatic N) is 2. The first-order valence-electron chi connectivity index (χ1n) is 8.87. The van der Waals surface area contributed by atoms with E-state index in [2.05, 4.69) is 16.7 Å². The van der Waals surface area contributed by atoms with Crippen molar-refractivity contribution in [2.75, 3.05) is 19.6 Å². The van der Waals surface area contributed by atoms with E-state index in [4.69, 9.17) is 4.42 Å². The lowest BCUT2D eigenvalue weighted by atomic mass is 10.0. The molecule has 0 spiro atoms. The number of amides is 1. The summed E-state index contributed by atoms with van der Waals surface area (Å²) >= 11 is 0. The summed E-state index contributed by atoms with van der Waals surface area (Å²) in [5.41, 5.74) is 0. The van der Waals surface area contributed by atoms with Gasteiger partial charge in [0, 0.05) is 30.5 Å². The van der Waals surface area contributed by atoms with Gasteiger partial charge in [0.1, 0.15) is 5.76 Å². The van der Waals surface area contributed by atoms with E-state index in [9.17, 15) is 4.79 Å². The highest BCUT2D eigenvalue weighted by Gasteiger charge is 2.50. The molecule has 2 saturated heterocycles. The van der Waals surface area contributed by atoms with Gasteiger partial charge in [-0.2, -0.15) is 0 Å². The maximum absolute atomic E-state index is 12.9. The van der Waals surface area contributed by atoms with Gasteiger partial charge in [-0.1, -0.05) is 6.92 Å². The van der Waals surface area contributed by atoms with E-state index in [0.29, 0.717) is 23.9 Å². The molecule has 4 nitrogen and oxygen atoms in total. The van der Waals surface area contributed by atoms with Crippen LogP contribution >= 0.6 is 0 Å². The number of carbonyl (C=O) groups is 1. The van der Waals surface area contributed by atoms with E-state index in [-0.39, 0.29) is 5.92 Å². The Kier molecular flexibility index (Phi) is 3.73. The molecular formula is C18H26N2O2. The molecule has 1 aliphatic carbocycles. The Labute approximate surface area is 132 Å². The average molecular weight is 302 g/mol. The van der Waals surface area contributed by atoms with Crippen LogP contribution in [0.4, 0.5) is 0 Å². The summed E-state index contributed by atoms with van der Waals surface area (Å²) in [7, 11) is 0. The second-order valence-electron chi connectivity index (χ2n) is 7.04. The van der Waals surface area contributed by atoms with Gasteiger partial charge in [-0.05, 0) is 57.3 Å². The van der Waals surface area contributed by atoms with Crippen LogP contribution in [0, 0.1) is 5.92 Å². The minimum Gasteiger partial charge on any atom is -0.469 e. The topological polar surface area (TPSA) is 36.7 Å². The maximum atomic E-state index is 12.9. The summed E-state index contributed by atoms with van der Waals surface area (Å²) in [6, 6.07) is 4.98. The second-order valence-corrected chi connectivity index (χ2v) is 7.04. The summed E-state index contributed by atoms with van der Waals surface area (Å²) in [6.07, 6.45) is 7.58. The van der Waals surface area contributed by atoms with Crippen molar-refractivity contribution in [2.45, 2.75) is 57.0 Å². The molecule has 1 aromatic rings. The number of hydrogen-bond donors (Lipinski definition) is 0. The van der Waals surface area contributed by atoms with Gasteiger partial charge < -0.3 is 9.32 Å². The summed E-state index contributed by atoms with van der Waals surface area (Å²) in [4.78, 5) is 17.7. The number of carbonyl (C=O) groups excluding carboxylic acids is 1. The molecule has 1 saturated carbocycles. The summed E-state index contributed by atoms with van der Waals surface area (Å²) in [6.45, 7) is 5.52. The van der Waals surface area contributed by atoms with Crippen LogP contribution in [0.15, 0.2) is 22.8 Å². The molecule has 0 unspecified atom stereocenters. The fourth-order valence-electron chi connectivity index (χ4n) is 4.64. The smallest absolute Gasteiger partial charge is 0.226 e. The Morgan fingerprint density at radius 1 is 1.27 bits per heavy atom. The molecule has 120 valence electrons. The van der Waals surface area contributed by atoms with Gasteiger partial charge in [0.15, 0.2) is 0 Å². The highest BCUT2D eigenvalue weighted by Crippen LogP contribution is 2.49. The van der Waals surface area contributed by atoms with E-state index < -0.39 is 0 Å². The molecule has 2 aliphatic heterocycles. The van der Waals surface area contributed by atoms with Crippen molar-refractivity contribution >= 4 is 5.91 Å². The first-order chi connectivity index (χ1) is 10.8. The standard InChI is InChI=1S/C18H26N2O2/c1-2-19-9-3-6-15(19)16-7-4-10-20(16)18(21)14-12-13(14)17-8-5-11-22-17/h5,8,11,13-16H,2-4,6-7,9-10,12H2,1H3/t13-,14-,15-,16+/m1/s1. The third-order valence-corrected chi connectivity index (χ3v) is 5.86. The lowest BCUT2D eigenvalue weighted by molar-refractivity contribution is -0.134. The van der Waals surface area contributed by atoms with Crippen molar-refractivity contribution in [3.05, 3.63) is 24.2 Å². The number of likely N-dealkylation sites (N-methyl/N-ethyl adjacent to an activating group) is 1. The molecule has 4 atom stereocenters. The van der Waals surface area contributed by atoms with E-state index in [0.717, 1.165) is 25.3 Å². The van der Waals surface area contributed by atoms with Crippen LogP contribution in [0.1, 0.15) is 50.7 Å². The Morgan fingerprint density at radius 3 is 2.86 bits per heavy atom. The third-order valence-electron chi connectivity index (χ3n) is 5.86. The van der Waals surface area contributed by atoms with Gasteiger partial charge in [-0.25, -0.2) is 0 Å². The van der Waals surface area contributed by atoms with Crippen molar-refractivity contribution in [3.63, 3.8) is 0 Å². The minimum atomic E-state index is 0.170. The highest BCUT2D eigenvalue weighted by atomic mass is 16.3. The minimum absolute atomic E-state index is 0.170. The van der Waals surface area contributed by atoms with Crippen LogP contribution in [-0.4, -0.2) is 47.4 Å². The van der Waals surface area contributed by atoms with Gasteiger partial charge in [-0.15, -0.1) is 0 Å². The lowest BCUT2D eigenvalue weighted by Crippen LogP contribution is -2.48. The predicted octanol–water partition coefficient (Wildman–Crippen LogP) is 2.86. The first-order valence-corrected chi connectivity index (χ1v) is 8.87. The molecule has 3 aliphatic rings. The largest absolute Gasteiger partial charge is 0.469 e. The second kappa shape index (κ2) is 5.73. The molecular weight excluding hydrogens is 276 g/mol. The molecule has 4 rings (SSSR count). The zero-order valence-corrected chi connectivity index (χ0v) is 13.4. The molecule has 22 heavy (non-hydrogen) atoms. The summed E-state index contributed by atoms with van der Waals surface area (Å²) in [5, 5.41) is 0. The fourth-order valence-corrected chi connectivity index (χ4v) is 4.64. The van der Waals surface area contributed by atoms with Crippen LogP contribution in [-0.2, 0) is 4.79 Å². The van der Waals surface area contributed by atoms with Crippen LogP contribution < -0.4 is 0 Å². The quantitative estimate of drug-likeness (QED) is 0.858. The monoisotopic (exact) mass is 302 g/mol. The molecule has 4 heteroatoms. The summed E-state index contributed by atoms with van der Waals surface area (Å²) in [5.74, 6) is 1.87.